The molecule has 0 spiro atoms. The first-order chi connectivity index (χ1) is 12.6. The van der Waals surface area contributed by atoms with Gasteiger partial charge in [-0.1, -0.05) is 35.9 Å². The number of benzene rings is 2. The molecule has 0 saturated heterocycles. The van der Waals surface area contributed by atoms with E-state index < -0.39 is 0 Å². The van der Waals surface area contributed by atoms with Crippen LogP contribution in [-0.4, -0.2) is 21.1 Å². The molecular weight excluding hydrogens is 350 g/mol. The number of imidazole rings is 1. The van der Waals surface area contributed by atoms with Crippen molar-refractivity contribution in [3.63, 3.8) is 0 Å². The summed E-state index contributed by atoms with van der Waals surface area (Å²) < 4.78 is 8.43. The van der Waals surface area contributed by atoms with E-state index >= 15 is 0 Å². The molecule has 2 heterocycles. The van der Waals surface area contributed by atoms with Crippen LogP contribution in [0.25, 0.3) is 22.6 Å². The molecule has 0 aliphatic carbocycles. The third-order valence-corrected chi connectivity index (χ3v) is 4.65. The maximum absolute atomic E-state index is 12.9. The molecule has 2 aromatic heterocycles. The Morgan fingerprint density at radius 2 is 1.92 bits per heavy atom. The summed E-state index contributed by atoms with van der Waals surface area (Å²) in [7, 11) is 1.55. The second-order valence-corrected chi connectivity index (χ2v) is 6.37. The summed E-state index contributed by atoms with van der Waals surface area (Å²) in [6.45, 7) is 2.02. The monoisotopic (exact) mass is 365 g/mol. The molecule has 130 valence electrons. The summed E-state index contributed by atoms with van der Waals surface area (Å²) in [5.74, 6) is 0.562. The van der Waals surface area contributed by atoms with Gasteiger partial charge in [-0.3, -0.25) is 9.36 Å². The van der Waals surface area contributed by atoms with Crippen molar-refractivity contribution in [3.8, 4) is 22.7 Å². The van der Waals surface area contributed by atoms with Crippen LogP contribution in [0, 0.1) is 6.92 Å². The normalized spacial score (nSPS) is 11.0. The number of aromatic nitrogens is 3. The number of nitrogens with zero attached hydrogens (tertiary/aromatic N) is 3. The zero-order chi connectivity index (χ0) is 18.3. The second kappa shape index (κ2) is 6.35. The molecule has 4 aromatic rings. The standard InChI is InChI=1S/C20H16ClN3O2/c1-13-5-3-4-6-15(13)17-12-23-9-10-24(20(25)19(23)22-17)14-7-8-18(26-2)16(21)11-14/h3-12H,1-2H3. The van der Waals surface area contributed by atoms with Crippen LogP contribution in [0.2, 0.25) is 5.02 Å². The van der Waals surface area contributed by atoms with Gasteiger partial charge in [0.15, 0.2) is 0 Å². The highest BCUT2D eigenvalue weighted by Crippen LogP contribution is 2.26. The molecule has 0 radical (unpaired) electrons. The molecule has 26 heavy (non-hydrogen) atoms. The molecule has 0 N–H and O–H groups in total. The number of methoxy groups -OCH3 is 1. The first-order valence-corrected chi connectivity index (χ1v) is 8.46. The van der Waals surface area contributed by atoms with E-state index in [9.17, 15) is 4.79 Å². The van der Waals surface area contributed by atoms with Crippen molar-refractivity contribution in [1.82, 2.24) is 14.0 Å². The predicted octanol–water partition coefficient (Wildman–Crippen LogP) is 4.12. The van der Waals surface area contributed by atoms with Crippen LogP contribution in [0.4, 0.5) is 0 Å². The van der Waals surface area contributed by atoms with E-state index in [0.717, 1.165) is 16.8 Å². The lowest BCUT2D eigenvalue weighted by atomic mass is 10.1. The van der Waals surface area contributed by atoms with Gasteiger partial charge in [0.2, 0.25) is 5.65 Å². The topological polar surface area (TPSA) is 48.5 Å². The van der Waals surface area contributed by atoms with E-state index in [2.05, 4.69) is 4.98 Å². The first kappa shape index (κ1) is 16.4. The van der Waals surface area contributed by atoms with Crippen LogP contribution in [0.5, 0.6) is 5.75 Å². The Morgan fingerprint density at radius 1 is 1.12 bits per heavy atom. The third-order valence-electron chi connectivity index (χ3n) is 4.35. The van der Waals surface area contributed by atoms with Crippen LogP contribution in [-0.2, 0) is 0 Å². The van der Waals surface area contributed by atoms with Crippen LogP contribution in [0.15, 0.2) is 65.8 Å². The Kier molecular flexibility index (Phi) is 4.01. The smallest absolute Gasteiger partial charge is 0.298 e. The highest BCUT2D eigenvalue weighted by Gasteiger charge is 2.12. The van der Waals surface area contributed by atoms with Crippen LogP contribution in [0.3, 0.4) is 0 Å². The van der Waals surface area contributed by atoms with E-state index in [-0.39, 0.29) is 5.56 Å². The number of fused-ring (bicyclic) bond motifs is 1. The Hall–Kier alpha value is -3.05. The first-order valence-electron chi connectivity index (χ1n) is 8.09. The molecule has 5 nitrogen and oxygen atoms in total. The van der Waals surface area contributed by atoms with Crippen molar-refractivity contribution in [2.45, 2.75) is 6.92 Å². The average molecular weight is 366 g/mol. The fraction of sp³-hybridized carbons (Fsp3) is 0.100. The lowest BCUT2D eigenvalue weighted by Crippen LogP contribution is -2.19. The van der Waals surface area contributed by atoms with Gasteiger partial charge in [0, 0.05) is 24.2 Å². The largest absolute Gasteiger partial charge is 0.495 e. The van der Waals surface area contributed by atoms with Crippen LogP contribution < -0.4 is 10.3 Å². The fourth-order valence-corrected chi connectivity index (χ4v) is 3.23. The van der Waals surface area contributed by atoms with E-state index in [1.807, 2.05) is 43.6 Å². The minimum absolute atomic E-state index is 0.214. The van der Waals surface area contributed by atoms with E-state index in [1.54, 1.807) is 35.9 Å². The fourth-order valence-electron chi connectivity index (χ4n) is 2.98. The Balaban J connectivity index is 1.87. The van der Waals surface area contributed by atoms with Crippen molar-refractivity contribution in [1.29, 1.82) is 0 Å². The molecular formula is C20H16ClN3O2. The predicted molar refractivity (Wildman–Crippen MR) is 103 cm³/mol. The lowest BCUT2D eigenvalue weighted by molar-refractivity contribution is 0.415. The number of ether oxygens (including phenoxy) is 1. The van der Waals surface area contributed by atoms with Gasteiger partial charge in [-0.25, -0.2) is 4.98 Å². The van der Waals surface area contributed by atoms with Gasteiger partial charge in [0.1, 0.15) is 5.75 Å². The van der Waals surface area contributed by atoms with E-state index in [4.69, 9.17) is 16.3 Å². The average Bonchev–Trinajstić information content (AvgIpc) is 3.07. The zero-order valence-electron chi connectivity index (χ0n) is 14.3. The molecule has 0 aliphatic heterocycles. The molecule has 6 heteroatoms. The Bertz CT molecular complexity index is 1180. The quantitative estimate of drug-likeness (QED) is 0.548. The molecule has 4 rings (SSSR count). The molecule has 2 aromatic carbocycles. The van der Waals surface area contributed by atoms with Crippen molar-refractivity contribution in [2.75, 3.05) is 7.11 Å². The SMILES string of the molecule is COc1ccc(-n2ccn3cc(-c4ccccc4C)nc3c2=O)cc1Cl. The highest BCUT2D eigenvalue weighted by molar-refractivity contribution is 6.32. The van der Waals surface area contributed by atoms with Gasteiger partial charge in [-0.2, -0.15) is 0 Å². The van der Waals surface area contributed by atoms with Gasteiger partial charge in [0.25, 0.3) is 5.56 Å². The van der Waals surface area contributed by atoms with Crippen molar-refractivity contribution in [3.05, 3.63) is 82.0 Å². The van der Waals surface area contributed by atoms with Gasteiger partial charge in [0.05, 0.1) is 23.5 Å². The summed E-state index contributed by atoms with van der Waals surface area (Å²) in [5.41, 5.74) is 3.69. The number of rotatable bonds is 3. The Morgan fingerprint density at radius 3 is 2.65 bits per heavy atom. The van der Waals surface area contributed by atoms with Crippen LogP contribution in [0.1, 0.15) is 5.56 Å². The lowest BCUT2D eigenvalue weighted by Gasteiger charge is -2.08. The minimum atomic E-state index is -0.214. The Labute approximate surface area is 155 Å². The number of hydrogen-bond acceptors (Lipinski definition) is 3. The summed E-state index contributed by atoms with van der Waals surface area (Å²) in [4.78, 5) is 17.5. The molecule has 0 aliphatic rings. The van der Waals surface area contributed by atoms with Gasteiger partial charge in [-0.15, -0.1) is 0 Å². The number of hydrogen-bond donors (Lipinski definition) is 0. The number of halogens is 1. The van der Waals surface area contributed by atoms with E-state index in [0.29, 0.717) is 22.1 Å². The minimum Gasteiger partial charge on any atom is -0.495 e. The van der Waals surface area contributed by atoms with Crippen LogP contribution >= 0.6 is 11.6 Å². The molecule has 0 amide bonds. The van der Waals surface area contributed by atoms with Crippen molar-refractivity contribution >= 4 is 17.2 Å². The maximum atomic E-state index is 12.9. The summed E-state index contributed by atoms with van der Waals surface area (Å²) in [5, 5.41) is 0.445. The van der Waals surface area contributed by atoms with Gasteiger partial charge in [-0.05, 0) is 30.7 Å². The molecule has 0 fully saturated rings. The highest BCUT2D eigenvalue weighted by atomic mass is 35.5. The van der Waals surface area contributed by atoms with Gasteiger partial charge >= 0.3 is 0 Å². The molecule has 0 atom stereocenters. The van der Waals surface area contributed by atoms with Crippen molar-refractivity contribution < 1.29 is 4.74 Å². The molecule has 0 bridgehead atoms. The molecule has 0 unspecified atom stereocenters. The van der Waals surface area contributed by atoms with Crippen molar-refractivity contribution in [2.24, 2.45) is 0 Å². The zero-order valence-corrected chi connectivity index (χ0v) is 15.1. The number of aryl methyl sites for hydroxylation is 1. The maximum Gasteiger partial charge on any atom is 0.298 e. The summed E-state index contributed by atoms with van der Waals surface area (Å²) in [6, 6.07) is 13.2. The second-order valence-electron chi connectivity index (χ2n) is 5.96. The third kappa shape index (κ3) is 2.66. The summed E-state index contributed by atoms with van der Waals surface area (Å²) in [6.07, 6.45) is 5.38. The molecule has 0 saturated carbocycles. The summed E-state index contributed by atoms with van der Waals surface area (Å²) >= 11 is 6.19. The van der Waals surface area contributed by atoms with E-state index in [1.165, 1.54) is 4.57 Å². The van der Waals surface area contributed by atoms with Gasteiger partial charge < -0.3 is 9.14 Å².